The summed E-state index contributed by atoms with van der Waals surface area (Å²) in [5.74, 6) is 0. The van der Waals surface area contributed by atoms with Crippen LogP contribution in [0, 0.1) is 6.92 Å². The van der Waals surface area contributed by atoms with Crippen LogP contribution in [-0.4, -0.2) is 52.0 Å². The van der Waals surface area contributed by atoms with Gasteiger partial charge in [-0.1, -0.05) is 29.8 Å². The number of hydrogen-bond donors (Lipinski definition) is 0. The Balaban J connectivity index is 1.29. The van der Waals surface area contributed by atoms with Gasteiger partial charge in [0.25, 0.3) is 5.56 Å². The summed E-state index contributed by atoms with van der Waals surface area (Å²) in [5, 5.41) is 6.58. The Kier molecular flexibility index (Phi) is 5.99. The standard InChI is InChI=1S/C23H29N5O2/c1-18-8-9-19-6-5-7-21(20(19)16-18)27-14-12-26(13-15-27)10-3-4-11-28-23(30)25(2)22(29)17-24-28/h5-9,16-17H,3-4,10-15H2,1-2H3. The second kappa shape index (κ2) is 8.83. The summed E-state index contributed by atoms with van der Waals surface area (Å²) in [6.45, 7) is 7.84. The molecule has 1 aromatic heterocycles. The molecule has 0 aliphatic carbocycles. The van der Waals surface area contributed by atoms with Crippen LogP contribution in [-0.2, 0) is 13.6 Å². The van der Waals surface area contributed by atoms with E-state index in [1.165, 1.54) is 39.9 Å². The number of unbranched alkanes of at least 4 members (excludes halogenated alkanes) is 1. The molecule has 30 heavy (non-hydrogen) atoms. The highest BCUT2D eigenvalue weighted by molar-refractivity contribution is 5.94. The lowest BCUT2D eigenvalue weighted by molar-refractivity contribution is 0.250. The molecule has 0 atom stereocenters. The molecule has 0 bridgehead atoms. The van der Waals surface area contributed by atoms with Gasteiger partial charge in [-0.15, -0.1) is 0 Å². The van der Waals surface area contributed by atoms with Gasteiger partial charge < -0.3 is 4.90 Å². The average molecular weight is 408 g/mol. The highest BCUT2D eigenvalue weighted by Gasteiger charge is 2.18. The number of fused-ring (bicyclic) bond motifs is 1. The Bertz CT molecular complexity index is 1140. The van der Waals surface area contributed by atoms with Crippen LogP contribution in [0.2, 0.25) is 0 Å². The van der Waals surface area contributed by atoms with Gasteiger partial charge in [-0.3, -0.25) is 14.3 Å². The second-order valence-corrected chi connectivity index (χ2v) is 8.09. The van der Waals surface area contributed by atoms with Gasteiger partial charge in [0.1, 0.15) is 6.20 Å². The van der Waals surface area contributed by atoms with Crippen LogP contribution in [0.1, 0.15) is 18.4 Å². The number of aryl methyl sites for hydroxylation is 2. The summed E-state index contributed by atoms with van der Waals surface area (Å²) in [5.41, 5.74) is 1.91. The van der Waals surface area contributed by atoms with Crippen LogP contribution in [0.4, 0.5) is 5.69 Å². The summed E-state index contributed by atoms with van der Waals surface area (Å²) < 4.78 is 2.48. The van der Waals surface area contributed by atoms with Gasteiger partial charge in [0.15, 0.2) is 0 Å². The van der Waals surface area contributed by atoms with E-state index < -0.39 is 0 Å². The van der Waals surface area contributed by atoms with E-state index in [1.807, 2.05) is 0 Å². The predicted molar refractivity (Wildman–Crippen MR) is 120 cm³/mol. The van der Waals surface area contributed by atoms with E-state index in [-0.39, 0.29) is 11.2 Å². The third-order valence-corrected chi connectivity index (χ3v) is 5.97. The molecule has 1 aliphatic rings. The molecule has 3 aromatic rings. The van der Waals surface area contributed by atoms with E-state index in [0.717, 1.165) is 50.1 Å². The minimum Gasteiger partial charge on any atom is -0.368 e. The maximum atomic E-state index is 12.0. The smallest absolute Gasteiger partial charge is 0.347 e. The molecule has 1 aliphatic heterocycles. The van der Waals surface area contributed by atoms with Crippen molar-refractivity contribution in [1.29, 1.82) is 0 Å². The molecule has 1 fully saturated rings. The van der Waals surface area contributed by atoms with Crippen LogP contribution in [0.25, 0.3) is 10.8 Å². The Morgan fingerprint density at radius 3 is 2.53 bits per heavy atom. The minimum atomic E-state index is -0.365. The topological polar surface area (TPSA) is 63.4 Å². The first-order chi connectivity index (χ1) is 14.5. The minimum absolute atomic E-state index is 0.346. The third-order valence-electron chi connectivity index (χ3n) is 5.97. The van der Waals surface area contributed by atoms with E-state index in [9.17, 15) is 9.59 Å². The van der Waals surface area contributed by atoms with Gasteiger partial charge in [-0.05, 0) is 43.8 Å². The molecule has 0 N–H and O–H groups in total. The maximum Gasteiger partial charge on any atom is 0.347 e. The SMILES string of the molecule is Cc1ccc2cccc(N3CCN(CCCCn4ncc(=O)n(C)c4=O)CC3)c2c1. The number of piperazine rings is 1. The zero-order valence-corrected chi connectivity index (χ0v) is 17.8. The Morgan fingerprint density at radius 2 is 1.73 bits per heavy atom. The maximum absolute atomic E-state index is 12.0. The van der Waals surface area contributed by atoms with Gasteiger partial charge in [0, 0.05) is 50.8 Å². The molecule has 1 saturated heterocycles. The third kappa shape index (κ3) is 4.31. The quantitative estimate of drug-likeness (QED) is 0.585. The van der Waals surface area contributed by atoms with E-state index in [0.29, 0.717) is 6.54 Å². The molecular formula is C23H29N5O2. The van der Waals surface area contributed by atoms with Crippen LogP contribution in [0.5, 0.6) is 0 Å². The first-order valence-corrected chi connectivity index (χ1v) is 10.6. The zero-order chi connectivity index (χ0) is 21.1. The molecular weight excluding hydrogens is 378 g/mol. The first-order valence-electron chi connectivity index (χ1n) is 10.6. The molecule has 158 valence electrons. The van der Waals surface area contributed by atoms with Gasteiger partial charge in [-0.25, -0.2) is 9.48 Å². The van der Waals surface area contributed by atoms with Crippen molar-refractivity contribution >= 4 is 16.5 Å². The van der Waals surface area contributed by atoms with E-state index in [2.05, 4.69) is 58.2 Å². The van der Waals surface area contributed by atoms with Crippen LogP contribution in [0.3, 0.4) is 0 Å². The normalized spacial score (nSPS) is 15.1. The highest BCUT2D eigenvalue weighted by atomic mass is 16.2. The summed E-state index contributed by atoms with van der Waals surface area (Å²) in [4.78, 5) is 28.4. The van der Waals surface area contributed by atoms with E-state index in [4.69, 9.17) is 0 Å². The molecule has 0 amide bonds. The van der Waals surface area contributed by atoms with Crippen molar-refractivity contribution in [3.63, 3.8) is 0 Å². The summed E-state index contributed by atoms with van der Waals surface area (Å²) >= 11 is 0. The molecule has 0 saturated carbocycles. The Labute approximate surface area is 176 Å². The lowest BCUT2D eigenvalue weighted by Gasteiger charge is -2.36. The van der Waals surface area contributed by atoms with Gasteiger partial charge >= 0.3 is 5.69 Å². The summed E-state index contributed by atoms with van der Waals surface area (Å²) in [6, 6.07) is 13.2. The van der Waals surface area contributed by atoms with Crippen molar-refractivity contribution in [2.24, 2.45) is 7.05 Å². The van der Waals surface area contributed by atoms with E-state index >= 15 is 0 Å². The van der Waals surface area contributed by atoms with Gasteiger partial charge in [-0.2, -0.15) is 5.10 Å². The number of hydrogen-bond acceptors (Lipinski definition) is 5. The fourth-order valence-corrected chi connectivity index (χ4v) is 4.13. The number of nitrogens with zero attached hydrogens (tertiary/aromatic N) is 5. The predicted octanol–water partition coefficient (Wildman–Crippen LogP) is 2.01. The van der Waals surface area contributed by atoms with Crippen molar-refractivity contribution in [3.05, 3.63) is 69.0 Å². The van der Waals surface area contributed by atoms with Gasteiger partial charge in [0.2, 0.25) is 0 Å². The highest BCUT2D eigenvalue weighted by Crippen LogP contribution is 2.28. The van der Waals surface area contributed by atoms with Crippen molar-refractivity contribution in [2.75, 3.05) is 37.6 Å². The van der Waals surface area contributed by atoms with Crippen molar-refractivity contribution in [2.45, 2.75) is 26.3 Å². The van der Waals surface area contributed by atoms with Crippen molar-refractivity contribution in [3.8, 4) is 0 Å². The number of anilines is 1. The molecule has 0 spiro atoms. The van der Waals surface area contributed by atoms with Crippen LogP contribution < -0.4 is 16.1 Å². The van der Waals surface area contributed by atoms with Crippen LogP contribution >= 0.6 is 0 Å². The monoisotopic (exact) mass is 407 g/mol. The molecule has 7 nitrogen and oxygen atoms in total. The lowest BCUT2D eigenvalue weighted by atomic mass is 10.0. The van der Waals surface area contributed by atoms with Gasteiger partial charge in [0.05, 0.1) is 0 Å². The summed E-state index contributed by atoms with van der Waals surface area (Å²) in [7, 11) is 1.49. The lowest BCUT2D eigenvalue weighted by Crippen LogP contribution is -2.46. The van der Waals surface area contributed by atoms with Crippen LogP contribution in [0.15, 0.2) is 52.2 Å². The Morgan fingerprint density at radius 1 is 0.967 bits per heavy atom. The molecule has 4 rings (SSSR count). The molecule has 0 radical (unpaired) electrons. The number of aromatic nitrogens is 3. The molecule has 7 heteroatoms. The molecule has 2 aromatic carbocycles. The Hall–Kier alpha value is -2.93. The fraction of sp³-hybridized carbons (Fsp3) is 0.435. The second-order valence-electron chi connectivity index (χ2n) is 8.09. The molecule has 2 heterocycles. The first kappa shape index (κ1) is 20.3. The fourth-order valence-electron chi connectivity index (χ4n) is 4.13. The van der Waals surface area contributed by atoms with Crippen molar-refractivity contribution in [1.82, 2.24) is 19.2 Å². The van der Waals surface area contributed by atoms with Crippen molar-refractivity contribution < 1.29 is 0 Å². The summed E-state index contributed by atoms with van der Waals surface area (Å²) in [6.07, 6.45) is 3.08. The zero-order valence-electron chi connectivity index (χ0n) is 17.8. The van der Waals surface area contributed by atoms with E-state index in [1.54, 1.807) is 0 Å². The molecule has 0 unspecified atom stereocenters. The number of rotatable bonds is 6. The average Bonchev–Trinajstić information content (AvgIpc) is 2.76. The largest absolute Gasteiger partial charge is 0.368 e. The number of benzene rings is 2.